The average molecular weight is 604 g/mol. The van der Waals surface area contributed by atoms with E-state index < -0.39 is 0 Å². The molecule has 0 fully saturated rings. The molecule has 0 aliphatic heterocycles. The van der Waals surface area contributed by atoms with Gasteiger partial charge >= 0.3 is 0 Å². The Kier molecular flexibility index (Phi) is 6.69. The topological polar surface area (TPSA) is 38.7 Å². The molecule has 6 heteroatoms. The van der Waals surface area contributed by atoms with Crippen molar-refractivity contribution in [1.29, 1.82) is 0 Å². The second kappa shape index (κ2) is 11.2. The standard InChI is InChI=1S/C39H23F2N3S/c40-30-18-14-24(15-19-30)37-42-38(25-16-20-31(41)21-17-25)44-39(43-37)29-9-4-7-27(23-29)26-6-3-8-28(22-26)32-11-5-13-35-36(32)33-10-1-2-12-34(33)45-35/h1-23H. The van der Waals surface area contributed by atoms with E-state index in [-0.39, 0.29) is 11.6 Å². The quantitative estimate of drug-likeness (QED) is 0.196. The first-order valence-electron chi connectivity index (χ1n) is 14.5. The molecule has 0 saturated carbocycles. The number of rotatable bonds is 5. The van der Waals surface area contributed by atoms with Gasteiger partial charge in [0.1, 0.15) is 11.6 Å². The van der Waals surface area contributed by atoms with Crippen LogP contribution in [0, 0.1) is 11.6 Å². The van der Waals surface area contributed by atoms with Crippen LogP contribution in [0.4, 0.5) is 8.78 Å². The van der Waals surface area contributed by atoms with Crippen molar-refractivity contribution in [3.63, 3.8) is 0 Å². The van der Waals surface area contributed by atoms with Gasteiger partial charge in [0.2, 0.25) is 0 Å². The fraction of sp³-hybridized carbons (Fsp3) is 0. The Morgan fingerprint density at radius 2 is 0.889 bits per heavy atom. The Hall–Kier alpha value is -5.59. The molecule has 3 nitrogen and oxygen atoms in total. The molecule has 0 atom stereocenters. The van der Waals surface area contributed by atoms with Crippen LogP contribution in [-0.2, 0) is 0 Å². The average Bonchev–Trinajstić information content (AvgIpc) is 3.48. The summed E-state index contributed by atoms with van der Waals surface area (Å²) >= 11 is 1.81. The molecule has 0 radical (unpaired) electrons. The van der Waals surface area contributed by atoms with E-state index in [0.29, 0.717) is 28.6 Å². The smallest absolute Gasteiger partial charge is 0.164 e. The molecular weight excluding hydrogens is 581 g/mol. The number of thiophene rings is 1. The lowest BCUT2D eigenvalue weighted by atomic mass is 9.95. The van der Waals surface area contributed by atoms with Gasteiger partial charge in [-0.3, -0.25) is 0 Å². The number of hydrogen-bond acceptors (Lipinski definition) is 4. The highest BCUT2D eigenvalue weighted by molar-refractivity contribution is 7.25. The van der Waals surface area contributed by atoms with Crippen molar-refractivity contribution in [1.82, 2.24) is 15.0 Å². The first-order valence-corrected chi connectivity index (χ1v) is 15.3. The van der Waals surface area contributed by atoms with Crippen LogP contribution in [0.2, 0.25) is 0 Å². The van der Waals surface area contributed by atoms with Crippen molar-refractivity contribution < 1.29 is 8.78 Å². The molecule has 0 spiro atoms. The fourth-order valence-electron chi connectivity index (χ4n) is 5.68. The maximum atomic E-state index is 13.7. The predicted molar refractivity (Wildman–Crippen MR) is 180 cm³/mol. The minimum atomic E-state index is -0.342. The molecule has 2 heterocycles. The van der Waals surface area contributed by atoms with Gasteiger partial charge < -0.3 is 0 Å². The number of halogens is 2. The molecule has 0 bridgehead atoms. The largest absolute Gasteiger partial charge is 0.208 e. The maximum Gasteiger partial charge on any atom is 0.164 e. The summed E-state index contributed by atoms with van der Waals surface area (Å²) in [4.78, 5) is 14.2. The van der Waals surface area contributed by atoms with Gasteiger partial charge in [-0.15, -0.1) is 11.3 Å². The van der Waals surface area contributed by atoms with E-state index in [1.54, 1.807) is 24.3 Å². The van der Waals surface area contributed by atoms with Gasteiger partial charge in [-0.2, -0.15) is 0 Å². The van der Waals surface area contributed by atoms with E-state index in [4.69, 9.17) is 9.97 Å². The highest BCUT2D eigenvalue weighted by Crippen LogP contribution is 2.40. The summed E-state index contributed by atoms with van der Waals surface area (Å²) in [6, 6.07) is 43.8. The minimum absolute atomic E-state index is 0.342. The summed E-state index contributed by atoms with van der Waals surface area (Å²) in [7, 11) is 0. The van der Waals surface area contributed by atoms with Gasteiger partial charge in [-0.25, -0.2) is 23.7 Å². The molecule has 45 heavy (non-hydrogen) atoms. The third-order valence-electron chi connectivity index (χ3n) is 7.87. The van der Waals surface area contributed by atoms with Gasteiger partial charge in [-0.05, 0) is 95.1 Å². The molecule has 214 valence electrons. The molecule has 6 aromatic carbocycles. The van der Waals surface area contributed by atoms with Crippen molar-refractivity contribution in [2.45, 2.75) is 0 Å². The summed E-state index contributed by atoms with van der Waals surface area (Å²) < 4.78 is 30.0. The minimum Gasteiger partial charge on any atom is -0.208 e. The van der Waals surface area contributed by atoms with Crippen LogP contribution < -0.4 is 0 Å². The second-order valence-electron chi connectivity index (χ2n) is 10.8. The lowest BCUT2D eigenvalue weighted by molar-refractivity contribution is 0.627. The molecule has 8 rings (SSSR count). The van der Waals surface area contributed by atoms with Crippen molar-refractivity contribution in [2.75, 3.05) is 0 Å². The first kappa shape index (κ1) is 27.0. The Labute approximate surface area is 262 Å². The Morgan fingerprint density at radius 1 is 0.400 bits per heavy atom. The lowest BCUT2D eigenvalue weighted by Crippen LogP contribution is -2.00. The summed E-state index contributed by atoms with van der Waals surface area (Å²) in [6.45, 7) is 0. The molecule has 2 aromatic heterocycles. The van der Waals surface area contributed by atoms with E-state index >= 15 is 0 Å². The highest BCUT2D eigenvalue weighted by atomic mass is 32.1. The number of hydrogen-bond donors (Lipinski definition) is 0. The van der Waals surface area contributed by atoms with Crippen molar-refractivity contribution in [3.05, 3.63) is 151 Å². The molecule has 0 amide bonds. The maximum absolute atomic E-state index is 13.7. The molecule has 0 N–H and O–H groups in total. The zero-order chi connectivity index (χ0) is 30.3. The molecular formula is C39H23F2N3S. The van der Waals surface area contributed by atoms with E-state index in [1.165, 1.54) is 50.0 Å². The van der Waals surface area contributed by atoms with E-state index in [1.807, 2.05) is 23.5 Å². The zero-order valence-electron chi connectivity index (χ0n) is 23.8. The van der Waals surface area contributed by atoms with Gasteiger partial charge in [-0.1, -0.05) is 66.7 Å². The molecule has 0 aliphatic rings. The van der Waals surface area contributed by atoms with Gasteiger partial charge in [0, 0.05) is 36.9 Å². The van der Waals surface area contributed by atoms with Gasteiger partial charge in [0.25, 0.3) is 0 Å². The van der Waals surface area contributed by atoms with Crippen LogP contribution in [0.25, 0.3) is 76.6 Å². The number of nitrogens with zero attached hydrogens (tertiary/aromatic N) is 3. The fourth-order valence-corrected chi connectivity index (χ4v) is 6.81. The number of fused-ring (bicyclic) bond motifs is 3. The Morgan fingerprint density at radius 3 is 1.53 bits per heavy atom. The van der Waals surface area contributed by atoms with Crippen LogP contribution in [0.1, 0.15) is 0 Å². The normalized spacial score (nSPS) is 11.3. The second-order valence-corrected chi connectivity index (χ2v) is 11.8. The van der Waals surface area contributed by atoms with E-state index in [9.17, 15) is 8.78 Å². The molecule has 0 saturated heterocycles. The van der Waals surface area contributed by atoms with Crippen LogP contribution in [0.3, 0.4) is 0 Å². The summed E-state index contributed by atoms with van der Waals surface area (Å²) in [5.41, 5.74) is 6.54. The van der Waals surface area contributed by atoms with Crippen LogP contribution in [0.15, 0.2) is 140 Å². The van der Waals surface area contributed by atoms with E-state index in [0.717, 1.165) is 22.3 Å². The van der Waals surface area contributed by atoms with Crippen LogP contribution >= 0.6 is 11.3 Å². The molecule has 8 aromatic rings. The Balaban J connectivity index is 1.23. The van der Waals surface area contributed by atoms with Gasteiger partial charge in [0.15, 0.2) is 17.5 Å². The van der Waals surface area contributed by atoms with Gasteiger partial charge in [0.05, 0.1) is 0 Å². The van der Waals surface area contributed by atoms with Crippen LogP contribution in [0.5, 0.6) is 0 Å². The summed E-state index contributed by atoms with van der Waals surface area (Å²) in [6.07, 6.45) is 0. The summed E-state index contributed by atoms with van der Waals surface area (Å²) in [5, 5.41) is 2.54. The number of benzene rings is 6. The first-order chi connectivity index (χ1) is 22.1. The molecule has 0 aliphatic carbocycles. The zero-order valence-corrected chi connectivity index (χ0v) is 24.6. The van der Waals surface area contributed by atoms with E-state index in [2.05, 4.69) is 83.8 Å². The summed E-state index contributed by atoms with van der Waals surface area (Å²) in [5.74, 6) is 0.595. The Bertz CT molecular complexity index is 2280. The van der Waals surface area contributed by atoms with Crippen molar-refractivity contribution >= 4 is 31.5 Å². The highest BCUT2D eigenvalue weighted by Gasteiger charge is 2.15. The predicted octanol–water partition coefficient (Wildman–Crippen LogP) is 10.9. The van der Waals surface area contributed by atoms with Crippen molar-refractivity contribution in [2.24, 2.45) is 0 Å². The third kappa shape index (κ3) is 5.15. The SMILES string of the molecule is Fc1ccc(-c2nc(-c3ccc(F)cc3)nc(-c3cccc(-c4cccc(-c5cccc6sc7ccccc7c56)c4)c3)n2)cc1. The van der Waals surface area contributed by atoms with Crippen LogP contribution in [-0.4, -0.2) is 15.0 Å². The number of aromatic nitrogens is 3. The lowest BCUT2D eigenvalue weighted by Gasteiger charge is -2.11. The molecule has 0 unspecified atom stereocenters. The monoisotopic (exact) mass is 603 g/mol. The third-order valence-corrected chi connectivity index (χ3v) is 9.01. The van der Waals surface area contributed by atoms with Crippen molar-refractivity contribution in [3.8, 4) is 56.4 Å².